The van der Waals surface area contributed by atoms with Gasteiger partial charge in [0.2, 0.25) is 59.1 Å². The first-order valence-corrected chi connectivity index (χ1v) is 42.2. The number of piperidine rings is 1. The quantitative estimate of drug-likeness (QED) is 0.0616. The lowest BCUT2D eigenvalue weighted by Gasteiger charge is -2.52. The summed E-state index contributed by atoms with van der Waals surface area (Å²) in [7, 11) is -2.39. The van der Waals surface area contributed by atoms with Crippen LogP contribution in [0.4, 0.5) is 0 Å². The number of β-lactam (4-membered cyclic amide) rings is 1. The molecule has 10 amide bonds. The molecule has 12 atom stereocenters. The van der Waals surface area contributed by atoms with E-state index >= 15 is 38.4 Å². The van der Waals surface area contributed by atoms with E-state index < -0.39 is 206 Å². The zero-order valence-electron chi connectivity index (χ0n) is 64.2. The van der Waals surface area contributed by atoms with Crippen molar-refractivity contribution in [2.75, 3.05) is 71.8 Å². The number of nitrogens with zero attached hydrogens (tertiary/aromatic N) is 6. The number of fused-ring (bicyclic) bond motifs is 29. The first-order valence-electron chi connectivity index (χ1n) is 37.7. The van der Waals surface area contributed by atoms with E-state index in [0.717, 1.165) is 43.9 Å². The molecule has 28 nitrogen and oxygen atoms in total. The number of aromatic amines is 2. The maximum absolute atomic E-state index is 16.0. The number of nitrogens with one attached hydrogen (secondary N) is 6. The highest BCUT2D eigenvalue weighted by molar-refractivity contribution is 7.90. The van der Waals surface area contributed by atoms with Crippen molar-refractivity contribution in [3.05, 3.63) is 143 Å². The Morgan fingerprint density at radius 2 is 1.06 bits per heavy atom. The van der Waals surface area contributed by atoms with Crippen molar-refractivity contribution in [2.45, 2.75) is 165 Å². The predicted octanol–water partition coefficient (Wildman–Crippen LogP) is 4.31. The van der Waals surface area contributed by atoms with Crippen LogP contribution >= 0.6 is 11.6 Å². The number of para-hydroxylation sites is 2. The molecule has 2 aromatic heterocycles. The molecule has 111 heavy (non-hydrogen) atoms. The summed E-state index contributed by atoms with van der Waals surface area (Å²) in [5.74, 6) is -13.9. The SMILES string of the molecule is CC1[C@H]2C(=O)N1[C@@H](Cc1c[nH]c3ccccc13)C(=O)N[C@H](C(=O)N1CCCCC1)CC(=O)C[C@@H](C)C(=O)N[C@@H](CCS(C)(=O)=O)C(=O)N(C)[C@@H](Cc1ccccc1)C(=O)N[C@@](C)(Cc1c[nH]c3ccccc13)C(=O)C1CCC[C@H]1C(=O)N(C)CC(=O)N(C)[C@@H](Cc1ccc(Cl)cc1)C(=O)N[C@@H](CCS(C)(=O)=O)C(=O)N2C. The van der Waals surface area contributed by atoms with Crippen LogP contribution in [0.15, 0.2) is 116 Å². The Morgan fingerprint density at radius 1 is 0.541 bits per heavy atom. The van der Waals surface area contributed by atoms with Gasteiger partial charge in [0.1, 0.15) is 73.3 Å². The average Bonchev–Trinajstić information content (AvgIpc) is 1.74. The second kappa shape index (κ2) is 35.7. The number of hydrogen-bond acceptors (Lipinski definition) is 16. The molecule has 596 valence electrons. The van der Waals surface area contributed by atoms with Crippen LogP contribution in [0.3, 0.4) is 0 Å². The third-order valence-electron chi connectivity index (χ3n) is 22.4. The Labute approximate surface area is 652 Å². The second-order valence-electron chi connectivity index (χ2n) is 30.8. The largest absolute Gasteiger partial charge is 0.361 e. The number of sulfone groups is 2. The fraction of sp³-hybridized carbons (Fsp3) is 0.500. The smallest absolute Gasteiger partial charge is 0.248 e. The van der Waals surface area contributed by atoms with Crippen LogP contribution in [-0.2, 0) is 103 Å². The molecule has 0 radical (unpaired) electrons. The van der Waals surface area contributed by atoms with E-state index in [-0.39, 0.29) is 38.5 Å². The molecule has 4 aromatic carbocycles. The minimum Gasteiger partial charge on any atom is -0.361 e. The first-order chi connectivity index (χ1) is 52.5. The van der Waals surface area contributed by atoms with Crippen molar-refractivity contribution < 1.29 is 74.4 Å². The molecule has 5 fully saturated rings. The number of aromatic nitrogens is 2. The van der Waals surface area contributed by atoms with E-state index in [9.17, 15) is 36.0 Å². The molecule has 1 saturated carbocycles. The highest BCUT2D eigenvalue weighted by Crippen LogP contribution is 2.39. The third kappa shape index (κ3) is 20.3. The molecule has 4 aliphatic heterocycles. The van der Waals surface area contributed by atoms with Crippen molar-refractivity contribution in [1.29, 1.82) is 0 Å². The zero-order valence-corrected chi connectivity index (χ0v) is 66.6. The standard InChI is InChI=1S/C80H101ClN12O16S2/c1-48-39-55(94)43-64(78(104)92-35-18-11-19-36-92)86-73(99)67(42-52-45-82-60-27-16-14-23-56(52)60)93-49(2)69(79(93)105)91(7)77(103)63(34-38-111(9,108)109)85-72(98)65(41-51-29-31-54(81)32-30-51)89(5)68(95)47-88(4)75(101)59-26-20-25-58(59)70(96)80(3,44-53-46-83-61-28-17-15-24-57(53)61)87-74(100)66(40-50-21-12-10-13-22-50)90(6)76(102)62(84-71(48)97)33-37-110(8,106)107/h10,12-17,21-24,27-32,45-46,48-49,58-59,62-67,69,82-83H,11,18-20,25-26,33-44,47H2,1-9H3,(H,84,97)(H,85,98)(H,86,99)(H,87,100)/t48-,49?,58?,59-,62+,63+,64+,65+,66+,67+,69+,80+/m1/s1. The number of benzene rings is 4. The minimum absolute atomic E-state index is 0.145. The van der Waals surface area contributed by atoms with Crippen molar-refractivity contribution in [2.24, 2.45) is 17.8 Å². The van der Waals surface area contributed by atoms with Gasteiger partial charge in [0.05, 0.1) is 24.1 Å². The number of H-pyrrole nitrogens is 2. The molecule has 6 aromatic rings. The number of rotatable bonds is 15. The predicted molar refractivity (Wildman–Crippen MR) is 417 cm³/mol. The molecule has 2 bridgehead atoms. The van der Waals surface area contributed by atoms with Crippen molar-refractivity contribution >= 4 is 124 Å². The lowest BCUT2D eigenvalue weighted by atomic mass is 9.77. The molecule has 11 rings (SSSR count). The van der Waals surface area contributed by atoms with Gasteiger partial charge in [0.25, 0.3) is 0 Å². The van der Waals surface area contributed by atoms with Gasteiger partial charge >= 0.3 is 0 Å². The number of hydrogen-bond donors (Lipinski definition) is 6. The lowest BCUT2D eigenvalue weighted by molar-refractivity contribution is -0.170. The summed E-state index contributed by atoms with van der Waals surface area (Å²) >= 11 is 6.31. The highest BCUT2D eigenvalue weighted by Gasteiger charge is 2.54. The van der Waals surface area contributed by atoms with Gasteiger partial charge in [-0.15, -0.1) is 0 Å². The van der Waals surface area contributed by atoms with E-state index in [4.69, 9.17) is 11.6 Å². The summed E-state index contributed by atoms with van der Waals surface area (Å²) in [6, 6.07) is 18.0. The fourth-order valence-electron chi connectivity index (χ4n) is 16.0. The molecule has 0 spiro atoms. The van der Waals surface area contributed by atoms with Crippen LogP contribution in [0, 0.1) is 17.8 Å². The van der Waals surface area contributed by atoms with E-state index in [0.29, 0.717) is 76.0 Å². The van der Waals surface area contributed by atoms with Gasteiger partial charge in [-0.05, 0) is 105 Å². The molecule has 2 unspecified atom stereocenters. The molecule has 6 N–H and O–H groups in total. The number of carbonyl (C=O) groups excluding carboxylic acids is 12. The summed E-state index contributed by atoms with van der Waals surface area (Å²) in [5.41, 5.74) is 1.80. The molecular weight excluding hydrogens is 1480 g/mol. The molecule has 6 heterocycles. The summed E-state index contributed by atoms with van der Waals surface area (Å²) in [6.07, 6.45) is 5.16. The van der Waals surface area contributed by atoms with Gasteiger partial charge in [-0.2, -0.15) is 0 Å². The Bertz CT molecular complexity index is 4740. The van der Waals surface area contributed by atoms with Gasteiger partial charge in [0.15, 0.2) is 5.78 Å². The number of likely N-dealkylation sites (tertiary alicyclic amines) is 1. The monoisotopic (exact) mass is 1580 g/mol. The van der Waals surface area contributed by atoms with Crippen LogP contribution in [0.25, 0.3) is 21.8 Å². The number of amides is 10. The van der Waals surface area contributed by atoms with Gasteiger partial charge in [-0.3, -0.25) is 57.5 Å². The number of ketones is 2. The van der Waals surface area contributed by atoms with Crippen LogP contribution in [0.1, 0.15) is 107 Å². The Morgan fingerprint density at radius 3 is 1.66 bits per heavy atom. The topological polar surface area (TPSA) is 372 Å². The third-order valence-corrected chi connectivity index (χ3v) is 24.6. The number of halogens is 1. The maximum atomic E-state index is 16.0. The number of carbonyl (C=O) groups is 12. The summed E-state index contributed by atoms with van der Waals surface area (Å²) < 4.78 is 52.0. The van der Waals surface area contributed by atoms with Gasteiger partial charge in [-0.25, -0.2) is 16.8 Å². The van der Waals surface area contributed by atoms with Gasteiger partial charge < -0.3 is 60.6 Å². The van der Waals surface area contributed by atoms with Crippen LogP contribution in [0.5, 0.6) is 0 Å². The van der Waals surface area contributed by atoms with Crippen molar-refractivity contribution in [1.82, 2.24) is 60.6 Å². The number of likely N-dealkylation sites (N-methyl/N-ethyl adjacent to an activating group) is 4. The summed E-state index contributed by atoms with van der Waals surface area (Å²) in [5, 5.41) is 13.0. The maximum Gasteiger partial charge on any atom is 0.248 e. The first kappa shape index (κ1) is 83.7. The Kier molecular flexibility index (Phi) is 26.9. The van der Waals surface area contributed by atoms with Crippen LogP contribution in [0.2, 0.25) is 5.02 Å². The second-order valence-corrected chi connectivity index (χ2v) is 35.7. The average molecular weight is 1590 g/mol. The molecule has 1 aliphatic carbocycles. The molecule has 5 aliphatic rings. The van der Waals surface area contributed by atoms with Gasteiger partial charge in [-0.1, -0.05) is 104 Å². The molecule has 4 saturated heterocycles. The summed E-state index contributed by atoms with van der Waals surface area (Å²) in [4.78, 5) is 196. The van der Waals surface area contributed by atoms with E-state index in [1.165, 1.54) is 51.8 Å². The molecule has 31 heteroatoms. The van der Waals surface area contributed by atoms with Crippen LogP contribution < -0.4 is 21.3 Å². The normalized spacial score (nSPS) is 26.3. The fourth-order valence-corrected chi connectivity index (χ4v) is 17.5. The number of Topliss-reactive ketones (excluding diaryl/α,β-unsaturated/α-hetero) is 2. The van der Waals surface area contributed by atoms with E-state index in [1.54, 1.807) is 86.0 Å². The Hall–Kier alpha value is -9.81. The minimum atomic E-state index is -3.86. The lowest BCUT2D eigenvalue weighted by Crippen LogP contribution is -2.75. The van der Waals surface area contributed by atoms with Crippen molar-refractivity contribution in [3.63, 3.8) is 0 Å². The van der Waals surface area contributed by atoms with E-state index in [2.05, 4.69) is 31.2 Å². The zero-order chi connectivity index (χ0) is 80.6. The van der Waals surface area contributed by atoms with Gasteiger partial charge in [0, 0.05) is 149 Å². The van der Waals surface area contributed by atoms with Crippen molar-refractivity contribution in [3.8, 4) is 0 Å². The Balaban J connectivity index is 1.05. The van der Waals surface area contributed by atoms with Crippen LogP contribution in [-0.4, -0.2) is 253 Å². The molecular formula is C80H101ClN12O16S2. The highest BCUT2D eigenvalue weighted by atomic mass is 35.5. The summed E-state index contributed by atoms with van der Waals surface area (Å²) in [6.45, 7) is 4.46. The van der Waals surface area contributed by atoms with E-state index in [1.807, 2.05) is 36.4 Å².